The number of esters is 2. The van der Waals surface area contributed by atoms with Gasteiger partial charge < -0.3 is 14.3 Å². The lowest BCUT2D eigenvalue weighted by Gasteiger charge is -2.25. The first-order chi connectivity index (χ1) is 17.5. The molecule has 0 fully saturated rings. The minimum Gasteiger partial charge on any atom is -0.462 e. The summed E-state index contributed by atoms with van der Waals surface area (Å²) in [6.45, 7) is 1.47. The van der Waals surface area contributed by atoms with Gasteiger partial charge in [0.05, 0.1) is 23.9 Å². The van der Waals surface area contributed by atoms with Crippen molar-refractivity contribution in [2.75, 3.05) is 13.7 Å². The van der Waals surface area contributed by atoms with E-state index in [0.29, 0.717) is 5.56 Å². The largest absolute Gasteiger partial charge is 0.462 e. The average Bonchev–Trinajstić information content (AvgIpc) is 2.92. The molecule has 0 radical (unpaired) electrons. The first-order valence-corrected chi connectivity index (χ1v) is 11.5. The second kappa shape index (κ2) is 11.4. The molecule has 184 valence electrons. The summed E-state index contributed by atoms with van der Waals surface area (Å²) in [7, 11) is 1.29. The molecule has 36 heavy (non-hydrogen) atoms. The number of fused-ring (bicyclic) bond motifs is 2. The Balaban J connectivity index is 1.47. The van der Waals surface area contributed by atoms with E-state index in [1.807, 2.05) is 54.6 Å². The third-order valence-corrected chi connectivity index (χ3v) is 5.87. The van der Waals surface area contributed by atoms with Crippen LogP contribution in [0.4, 0.5) is 4.39 Å². The third-order valence-electron chi connectivity index (χ3n) is 5.87. The van der Waals surface area contributed by atoms with Crippen LogP contribution in [0.3, 0.4) is 0 Å². The predicted octanol–water partition coefficient (Wildman–Crippen LogP) is 5.98. The molecule has 4 rings (SSSR count). The number of ether oxygens (including phenoxy) is 2. The van der Waals surface area contributed by atoms with Gasteiger partial charge in [-0.1, -0.05) is 72.7 Å². The highest BCUT2D eigenvalue weighted by Gasteiger charge is 2.31. The van der Waals surface area contributed by atoms with E-state index in [1.54, 1.807) is 37.3 Å². The van der Waals surface area contributed by atoms with Crippen LogP contribution in [-0.2, 0) is 14.3 Å². The number of carbonyl (C=O) groups excluding carboxylic acids is 2. The smallest absolute Gasteiger partial charge is 0.338 e. The summed E-state index contributed by atoms with van der Waals surface area (Å²) in [5, 5.41) is 7.20. The van der Waals surface area contributed by atoms with Gasteiger partial charge in [-0.3, -0.25) is 0 Å². The average molecular weight is 488 g/mol. The molecule has 3 atom stereocenters. The van der Waals surface area contributed by atoms with Crippen LogP contribution in [-0.4, -0.2) is 44.1 Å². The van der Waals surface area contributed by atoms with Gasteiger partial charge in [0.15, 0.2) is 6.17 Å². The Morgan fingerprint density at radius 1 is 0.833 bits per heavy atom. The minimum atomic E-state index is -1.77. The summed E-state index contributed by atoms with van der Waals surface area (Å²) in [5.74, 6) is -1.91. The Morgan fingerprint density at radius 2 is 1.36 bits per heavy atom. The molecular formula is C29H26FNO5. The lowest BCUT2D eigenvalue weighted by atomic mass is 10.0. The van der Waals surface area contributed by atoms with E-state index in [9.17, 15) is 9.59 Å². The van der Waals surface area contributed by atoms with Gasteiger partial charge in [0, 0.05) is 5.92 Å². The van der Waals surface area contributed by atoms with Gasteiger partial charge in [0.2, 0.25) is 0 Å². The molecule has 0 saturated heterocycles. The number of halogens is 1. The Labute approximate surface area is 208 Å². The van der Waals surface area contributed by atoms with Crippen LogP contribution in [0.2, 0.25) is 0 Å². The Morgan fingerprint density at radius 3 is 1.92 bits per heavy atom. The highest BCUT2D eigenvalue weighted by molar-refractivity contribution is 5.96. The Bertz CT molecular complexity index is 1400. The summed E-state index contributed by atoms with van der Waals surface area (Å²) in [4.78, 5) is 30.1. The molecule has 0 aliphatic rings. The maximum absolute atomic E-state index is 15.0. The van der Waals surface area contributed by atoms with Crippen LogP contribution in [0.25, 0.3) is 21.5 Å². The van der Waals surface area contributed by atoms with E-state index in [2.05, 4.69) is 9.99 Å². The molecule has 0 unspecified atom stereocenters. The molecule has 0 spiro atoms. The van der Waals surface area contributed by atoms with E-state index >= 15 is 4.39 Å². The molecule has 6 nitrogen and oxygen atoms in total. The zero-order valence-corrected chi connectivity index (χ0v) is 20.0. The van der Waals surface area contributed by atoms with Gasteiger partial charge >= 0.3 is 11.9 Å². The fraction of sp³-hybridized carbons (Fsp3) is 0.207. The number of carbonyl (C=O) groups is 2. The molecule has 0 aliphatic heterocycles. The molecule has 0 heterocycles. The summed E-state index contributed by atoms with van der Waals surface area (Å²) >= 11 is 0. The predicted molar refractivity (Wildman–Crippen MR) is 137 cm³/mol. The monoisotopic (exact) mass is 487 g/mol. The fourth-order valence-electron chi connectivity index (χ4n) is 3.91. The number of hydrogen-bond donors (Lipinski definition) is 0. The van der Waals surface area contributed by atoms with Crippen LogP contribution in [0.15, 0.2) is 90.1 Å². The van der Waals surface area contributed by atoms with Crippen molar-refractivity contribution < 1.29 is 28.3 Å². The molecule has 0 N–H and O–H groups in total. The maximum atomic E-state index is 15.0. The second-order valence-electron chi connectivity index (χ2n) is 8.45. The van der Waals surface area contributed by atoms with Crippen LogP contribution < -0.4 is 0 Å². The van der Waals surface area contributed by atoms with Crippen molar-refractivity contribution in [3.8, 4) is 0 Å². The summed E-state index contributed by atoms with van der Waals surface area (Å²) in [5.41, 5.74) is 0.665. The minimum absolute atomic E-state index is 0.164. The molecule has 4 aromatic carbocycles. The first kappa shape index (κ1) is 24.9. The van der Waals surface area contributed by atoms with Crippen molar-refractivity contribution in [2.45, 2.75) is 19.2 Å². The van der Waals surface area contributed by atoms with Crippen LogP contribution in [0, 0.1) is 5.92 Å². The number of oxime groups is 1. The number of alkyl halides is 1. The van der Waals surface area contributed by atoms with Gasteiger partial charge in [-0.2, -0.15) is 0 Å². The second-order valence-corrected chi connectivity index (χ2v) is 8.45. The van der Waals surface area contributed by atoms with E-state index in [0.717, 1.165) is 27.8 Å². The van der Waals surface area contributed by atoms with Gasteiger partial charge in [-0.15, -0.1) is 0 Å². The van der Waals surface area contributed by atoms with Gasteiger partial charge in [-0.25, -0.2) is 14.0 Å². The quantitative estimate of drug-likeness (QED) is 0.165. The highest BCUT2D eigenvalue weighted by Crippen LogP contribution is 2.21. The van der Waals surface area contributed by atoms with Crippen LogP contribution in [0.1, 0.15) is 27.6 Å². The van der Waals surface area contributed by atoms with Crippen molar-refractivity contribution >= 4 is 39.7 Å². The Kier molecular flexibility index (Phi) is 7.90. The van der Waals surface area contributed by atoms with Crippen molar-refractivity contribution in [1.29, 1.82) is 0 Å². The first-order valence-electron chi connectivity index (χ1n) is 11.5. The van der Waals surface area contributed by atoms with Gasteiger partial charge in [-0.05, 0) is 45.8 Å². The summed E-state index contributed by atoms with van der Waals surface area (Å²) in [6.07, 6.45) is -2.11. The molecule has 0 saturated carbocycles. The van der Waals surface area contributed by atoms with Crippen molar-refractivity contribution in [2.24, 2.45) is 11.1 Å². The Hall–Kier alpha value is -4.26. The fourth-order valence-corrected chi connectivity index (χ4v) is 3.91. The van der Waals surface area contributed by atoms with E-state index in [4.69, 9.17) is 9.47 Å². The number of hydrogen-bond acceptors (Lipinski definition) is 6. The molecule has 0 aliphatic carbocycles. The SMILES string of the molecule is CON=C[C@@H](F)[C@H](OC(=O)c1ccc2ccccc2c1)[C@@H](C)COC(=O)c1ccc2ccccc2c1. The zero-order chi connectivity index (χ0) is 25.5. The summed E-state index contributed by atoms with van der Waals surface area (Å²) < 4.78 is 26.0. The van der Waals surface area contributed by atoms with Gasteiger partial charge in [0.1, 0.15) is 13.2 Å². The van der Waals surface area contributed by atoms with Crippen LogP contribution in [0.5, 0.6) is 0 Å². The van der Waals surface area contributed by atoms with Crippen LogP contribution >= 0.6 is 0 Å². The standard InChI is InChI=1S/C29H26FNO5/c1-19(18-35-28(32)24-13-11-20-7-3-5-9-22(20)15-24)27(26(30)17-31-34-2)36-29(33)25-14-12-21-8-4-6-10-23(21)16-25/h3-17,19,26-27H,18H2,1-2H3/t19-,26+,27+/m0/s1. The van der Waals surface area contributed by atoms with E-state index < -0.39 is 30.1 Å². The molecular weight excluding hydrogens is 461 g/mol. The third kappa shape index (κ3) is 5.86. The number of benzene rings is 4. The summed E-state index contributed by atoms with van der Waals surface area (Å²) in [6, 6.07) is 25.6. The molecule has 0 bridgehead atoms. The molecule has 0 aromatic heterocycles. The lowest BCUT2D eigenvalue weighted by molar-refractivity contribution is -0.0165. The van der Waals surface area contributed by atoms with E-state index in [1.165, 1.54) is 7.11 Å². The number of nitrogens with zero attached hydrogens (tertiary/aromatic N) is 1. The molecule has 0 amide bonds. The normalized spacial score (nSPS) is 13.9. The van der Waals surface area contributed by atoms with Crippen molar-refractivity contribution in [3.63, 3.8) is 0 Å². The molecule has 4 aromatic rings. The zero-order valence-electron chi connectivity index (χ0n) is 20.0. The molecule has 7 heteroatoms. The van der Waals surface area contributed by atoms with Gasteiger partial charge in [0.25, 0.3) is 0 Å². The number of rotatable bonds is 9. The maximum Gasteiger partial charge on any atom is 0.338 e. The van der Waals surface area contributed by atoms with Crippen molar-refractivity contribution in [1.82, 2.24) is 0 Å². The van der Waals surface area contributed by atoms with E-state index in [-0.39, 0.29) is 12.2 Å². The lowest BCUT2D eigenvalue weighted by Crippen LogP contribution is -2.37. The highest BCUT2D eigenvalue weighted by atomic mass is 19.1. The topological polar surface area (TPSA) is 74.2 Å². The van der Waals surface area contributed by atoms with Crippen molar-refractivity contribution in [3.05, 3.63) is 96.1 Å².